The Bertz CT molecular complexity index is 797. The van der Waals surface area contributed by atoms with E-state index in [1.54, 1.807) is 6.20 Å². The summed E-state index contributed by atoms with van der Waals surface area (Å²) in [7, 11) is 0. The first-order valence-corrected chi connectivity index (χ1v) is 8.83. The third kappa shape index (κ3) is 5.92. The van der Waals surface area contributed by atoms with Crippen molar-refractivity contribution in [3.63, 3.8) is 0 Å². The number of benzene rings is 1. The first-order valence-electron chi connectivity index (χ1n) is 8.83. The Kier molecular flexibility index (Phi) is 7.70. The van der Waals surface area contributed by atoms with Crippen LogP contribution in [-0.2, 0) is 16.1 Å². The number of hydrogen-bond acceptors (Lipinski definition) is 5. The number of nitrogens with two attached hydrogens (primary N) is 1. The van der Waals surface area contributed by atoms with Gasteiger partial charge in [0.05, 0.1) is 13.2 Å². The fraction of sp³-hybridized carbons (Fsp3) is 0.368. The fourth-order valence-electron chi connectivity index (χ4n) is 2.77. The second-order valence-electron chi connectivity index (χ2n) is 6.20. The summed E-state index contributed by atoms with van der Waals surface area (Å²) in [6, 6.07) is 5.74. The van der Waals surface area contributed by atoms with E-state index in [0.717, 1.165) is 35.4 Å². The highest BCUT2D eigenvalue weighted by Gasteiger charge is 2.14. The van der Waals surface area contributed by atoms with Gasteiger partial charge in [-0.1, -0.05) is 18.2 Å². The molecule has 1 fully saturated rings. The molecule has 1 aliphatic rings. The van der Waals surface area contributed by atoms with Crippen molar-refractivity contribution in [2.45, 2.75) is 20.5 Å². The van der Waals surface area contributed by atoms with Gasteiger partial charge in [-0.25, -0.2) is 14.8 Å². The number of alkyl carbamates (subject to hydrolysis) is 1. The van der Waals surface area contributed by atoms with Crippen molar-refractivity contribution in [2.75, 3.05) is 26.3 Å². The number of morpholine rings is 1. The molecule has 0 bridgehead atoms. The van der Waals surface area contributed by atoms with Gasteiger partial charge in [0.25, 0.3) is 0 Å². The maximum atomic E-state index is 11.5. The van der Waals surface area contributed by atoms with Gasteiger partial charge in [-0.3, -0.25) is 10.7 Å². The monoisotopic (exact) mass is 386 g/mol. The van der Waals surface area contributed by atoms with E-state index in [0.29, 0.717) is 19.2 Å². The molecule has 0 aliphatic carbocycles. The van der Waals surface area contributed by atoms with Gasteiger partial charge in [-0.2, -0.15) is 0 Å². The van der Waals surface area contributed by atoms with Gasteiger partial charge in [-0.15, -0.1) is 0 Å². The van der Waals surface area contributed by atoms with E-state index in [1.165, 1.54) is 0 Å². The molecular formula is C19H26N6O3. The van der Waals surface area contributed by atoms with Crippen molar-refractivity contribution in [2.24, 2.45) is 15.7 Å². The molecule has 0 radical (unpaired) electrons. The van der Waals surface area contributed by atoms with Gasteiger partial charge in [0, 0.05) is 19.3 Å². The Morgan fingerprint density at radius 1 is 1.46 bits per heavy atom. The van der Waals surface area contributed by atoms with Crippen LogP contribution in [-0.4, -0.2) is 55.9 Å². The van der Waals surface area contributed by atoms with Crippen molar-refractivity contribution in [3.8, 4) is 0 Å². The van der Waals surface area contributed by atoms with E-state index in [1.807, 2.05) is 36.9 Å². The predicted molar refractivity (Wildman–Crippen MR) is 109 cm³/mol. The minimum atomic E-state index is -0.763. The average molecular weight is 386 g/mol. The molecule has 0 aromatic heterocycles. The second kappa shape index (κ2) is 10.2. The lowest BCUT2D eigenvalue weighted by atomic mass is 9.98. The second-order valence-corrected chi connectivity index (χ2v) is 6.20. The molecule has 1 saturated heterocycles. The maximum Gasteiger partial charge on any atom is 0.414 e. The van der Waals surface area contributed by atoms with Crippen molar-refractivity contribution in [1.82, 2.24) is 10.2 Å². The van der Waals surface area contributed by atoms with Crippen LogP contribution in [0.4, 0.5) is 4.79 Å². The predicted octanol–water partition coefficient (Wildman–Crippen LogP) is 1.86. The number of hydrogen-bond donors (Lipinski definition) is 3. The van der Waals surface area contributed by atoms with Gasteiger partial charge < -0.3 is 20.1 Å². The summed E-state index contributed by atoms with van der Waals surface area (Å²) in [6.45, 7) is 10.4. The number of rotatable bonds is 4. The summed E-state index contributed by atoms with van der Waals surface area (Å²) >= 11 is 0. The van der Waals surface area contributed by atoms with Gasteiger partial charge in [-0.05, 0) is 42.8 Å². The molecule has 1 aromatic rings. The van der Waals surface area contributed by atoms with E-state index < -0.39 is 12.1 Å². The van der Waals surface area contributed by atoms with Crippen LogP contribution in [0.25, 0.3) is 5.57 Å². The van der Waals surface area contributed by atoms with Gasteiger partial charge in [0.2, 0.25) is 5.96 Å². The number of ether oxygens (including phenoxy) is 2. The molecule has 9 heteroatoms. The standard InChI is InChI=1S/C19H26N6O3/c1-13(11-23-18(22-3)25-7-9-27-10-8-25)16-6-4-5-15(14(16)2)12-28-19(26)24-17(20)21/h4-6,11H,3,7-10,12H2,1-2H3,(H4,20,21,24,26)/b13-11+,23-18+. The van der Waals surface area contributed by atoms with Crippen molar-refractivity contribution < 1.29 is 14.3 Å². The van der Waals surface area contributed by atoms with Crippen LogP contribution < -0.4 is 11.1 Å². The molecule has 0 saturated carbocycles. The van der Waals surface area contributed by atoms with Crippen LogP contribution in [0.5, 0.6) is 0 Å². The highest BCUT2D eigenvalue weighted by Crippen LogP contribution is 2.22. The first-order chi connectivity index (χ1) is 13.4. The van der Waals surface area contributed by atoms with Crippen molar-refractivity contribution >= 4 is 30.3 Å². The molecule has 28 heavy (non-hydrogen) atoms. The molecular weight excluding hydrogens is 360 g/mol. The Hall–Kier alpha value is -3.20. The van der Waals surface area contributed by atoms with Crippen LogP contribution in [0, 0.1) is 12.3 Å². The summed E-state index contributed by atoms with van der Waals surface area (Å²) < 4.78 is 10.4. The van der Waals surface area contributed by atoms with Crippen molar-refractivity contribution in [1.29, 1.82) is 5.41 Å². The molecule has 0 unspecified atom stereocenters. The van der Waals surface area contributed by atoms with Gasteiger partial charge in [0.1, 0.15) is 6.61 Å². The topological polar surface area (TPSA) is 125 Å². The third-order valence-corrected chi connectivity index (χ3v) is 4.28. The van der Waals surface area contributed by atoms with Crippen LogP contribution in [0.2, 0.25) is 0 Å². The zero-order valence-corrected chi connectivity index (χ0v) is 16.2. The number of carbonyl (C=O) groups is 1. The van der Waals surface area contributed by atoms with E-state index in [4.69, 9.17) is 20.6 Å². The molecule has 1 aromatic carbocycles. The number of nitrogens with one attached hydrogen (secondary N) is 2. The maximum absolute atomic E-state index is 11.5. The third-order valence-electron chi connectivity index (χ3n) is 4.28. The molecule has 9 nitrogen and oxygen atoms in total. The van der Waals surface area contributed by atoms with Crippen LogP contribution in [0.15, 0.2) is 34.4 Å². The Morgan fingerprint density at radius 2 is 2.18 bits per heavy atom. The normalized spacial score (nSPS) is 15.1. The molecule has 0 spiro atoms. The molecule has 1 amide bonds. The number of carbonyl (C=O) groups excluding carboxylic acids is 1. The van der Waals surface area contributed by atoms with Crippen LogP contribution in [0.1, 0.15) is 23.6 Å². The fourth-order valence-corrected chi connectivity index (χ4v) is 2.77. The SMILES string of the molecule is C=N/C(=N\C=C(/C)c1cccc(COC(=O)NC(=N)N)c1C)N1CCOCC1. The zero-order valence-electron chi connectivity index (χ0n) is 16.2. The van der Waals surface area contributed by atoms with E-state index in [9.17, 15) is 4.79 Å². The lowest BCUT2D eigenvalue weighted by Gasteiger charge is -2.27. The van der Waals surface area contributed by atoms with Crippen molar-refractivity contribution in [3.05, 3.63) is 41.1 Å². The summed E-state index contributed by atoms with van der Waals surface area (Å²) in [4.78, 5) is 22.0. The lowest BCUT2D eigenvalue weighted by Crippen LogP contribution is -2.39. The Balaban J connectivity index is 2.13. The van der Waals surface area contributed by atoms with Gasteiger partial charge >= 0.3 is 6.09 Å². The number of aliphatic imine (C=N–C) groups is 2. The highest BCUT2D eigenvalue weighted by atomic mass is 16.5. The van der Waals surface area contributed by atoms with Crippen LogP contribution >= 0.6 is 0 Å². The minimum Gasteiger partial charge on any atom is -0.444 e. The first kappa shape index (κ1) is 21.1. The molecule has 1 aliphatic heterocycles. The largest absolute Gasteiger partial charge is 0.444 e. The molecule has 4 N–H and O–H groups in total. The number of guanidine groups is 2. The Morgan fingerprint density at radius 3 is 2.82 bits per heavy atom. The summed E-state index contributed by atoms with van der Waals surface area (Å²) in [6.07, 6.45) is 0.996. The molecule has 2 rings (SSSR count). The Labute approximate surface area is 164 Å². The van der Waals surface area contributed by atoms with E-state index in [-0.39, 0.29) is 6.61 Å². The van der Waals surface area contributed by atoms with E-state index in [2.05, 4.69) is 22.0 Å². The number of allylic oxidation sites excluding steroid dienone is 1. The highest BCUT2D eigenvalue weighted by molar-refractivity contribution is 5.91. The quantitative estimate of drug-likeness (QED) is 0.538. The molecule has 1 heterocycles. The zero-order chi connectivity index (χ0) is 20.5. The summed E-state index contributed by atoms with van der Waals surface area (Å²) in [5.41, 5.74) is 8.87. The van der Waals surface area contributed by atoms with E-state index >= 15 is 0 Å². The summed E-state index contributed by atoms with van der Waals surface area (Å²) in [5, 5.41) is 9.12. The number of nitrogens with zero attached hydrogens (tertiary/aromatic N) is 3. The smallest absolute Gasteiger partial charge is 0.414 e. The average Bonchev–Trinajstić information content (AvgIpc) is 2.68. The molecule has 150 valence electrons. The summed E-state index contributed by atoms with van der Waals surface area (Å²) in [5.74, 6) is 0.111. The number of amides is 1. The van der Waals surface area contributed by atoms with Gasteiger partial charge in [0.15, 0.2) is 5.96 Å². The van der Waals surface area contributed by atoms with Crippen LogP contribution in [0.3, 0.4) is 0 Å². The minimum absolute atomic E-state index is 0.0720. The lowest BCUT2D eigenvalue weighted by molar-refractivity contribution is 0.0676. The molecule has 0 atom stereocenters.